The van der Waals surface area contributed by atoms with Crippen molar-refractivity contribution in [1.29, 1.82) is 0 Å². The first-order valence-corrected chi connectivity index (χ1v) is 33.2. The monoisotopic (exact) mass is 1270 g/mol. The number of rotatable bonds is 19. The molecule has 3 N–H and O–H groups in total. The number of alkyl halides is 3. The summed E-state index contributed by atoms with van der Waals surface area (Å²) in [6.45, 7) is 9.94. The van der Waals surface area contributed by atoms with Gasteiger partial charge in [0.15, 0.2) is 0 Å². The van der Waals surface area contributed by atoms with Crippen molar-refractivity contribution >= 4 is 89.7 Å². The van der Waals surface area contributed by atoms with Crippen molar-refractivity contribution in [3.05, 3.63) is 153 Å². The molecule has 11 rings (SSSR count). The van der Waals surface area contributed by atoms with Crippen LogP contribution in [0, 0.1) is 11.2 Å². The fourth-order valence-electron chi connectivity index (χ4n) is 12.8. The van der Waals surface area contributed by atoms with E-state index in [1.165, 1.54) is 46.7 Å². The summed E-state index contributed by atoms with van der Waals surface area (Å²) in [7, 11) is -11.1. The number of hydrogen-bond acceptors (Lipinski definition) is 15. The number of piperazine rings is 2. The van der Waals surface area contributed by atoms with E-state index in [-0.39, 0.29) is 64.9 Å². The number of imide groups is 2. The number of sulfonamides is 1. The quantitative estimate of drug-likeness (QED) is 0.0401. The molecule has 17 nitrogen and oxygen atoms in total. The van der Waals surface area contributed by atoms with Crippen molar-refractivity contribution < 1.29 is 58.4 Å². The molecule has 0 aromatic heterocycles. The first-order valence-electron chi connectivity index (χ1n) is 28.8. The molecule has 5 aromatic carbocycles. The standard InChI is InChI=1S/C62H65ClF4N8O9S3/c1-61(2)22-20-49(38-8-12-42(63)13-9-38)41(32-61)33-71-24-26-72(27-25-71)44-14-10-39(11-15-44)57(77)70-87(83,84)48-16-17-53(55(30-48)86(81,82)62(65,66)67)68-43(37-85-47-6-4-3-5-7-47)21-23-73-35-46-29-45(73)36-74(46)34-40-28-50-51(31-52(40)64)60(80)75(59(50)79)54-18-19-56(76)69-58(54)78/h3-17,28,30-31,43,45-46,54,68H,18-27,29,32-37H2,1-2H3,(H,70,77)(H,69,76,78)/t43?,45-,46-,54?/m0/s1. The number of sulfone groups is 1. The molecule has 2 bridgehead atoms. The maximum Gasteiger partial charge on any atom is 0.501 e. The summed E-state index contributed by atoms with van der Waals surface area (Å²) in [6.07, 6.45) is 3.95. The summed E-state index contributed by atoms with van der Waals surface area (Å²) < 4.78 is 116. The normalized spacial score (nSPS) is 21.6. The highest BCUT2D eigenvalue weighted by molar-refractivity contribution is 7.99. The Hall–Kier alpha value is -6.67. The Morgan fingerprint density at radius 2 is 1.49 bits per heavy atom. The fourth-order valence-corrected chi connectivity index (χ4v) is 16.0. The van der Waals surface area contributed by atoms with Gasteiger partial charge >= 0.3 is 5.51 Å². The molecule has 1 aliphatic carbocycles. The van der Waals surface area contributed by atoms with Crippen molar-refractivity contribution in [2.75, 3.05) is 68.3 Å². The second kappa shape index (κ2) is 24.7. The molecule has 87 heavy (non-hydrogen) atoms. The van der Waals surface area contributed by atoms with Crippen LogP contribution in [0.3, 0.4) is 0 Å². The van der Waals surface area contributed by atoms with Crippen LogP contribution in [-0.2, 0) is 36.0 Å². The van der Waals surface area contributed by atoms with Crippen LogP contribution < -0.4 is 20.3 Å². The Morgan fingerprint density at radius 1 is 0.816 bits per heavy atom. The van der Waals surface area contributed by atoms with Crippen LogP contribution in [0.15, 0.2) is 129 Å². The van der Waals surface area contributed by atoms with Crippen molar-refractivity contribution in [1.82, 2.24) is 29.6 Å². The predicted molar refractivity (Wildman–Crippen MR) is 322 cm³/mol. The van der Waals surface area contributed by atoms with Gasteiger partial charge in [0.05, 0.1) is 21.7 Å². The van der Waals surface area contributed by atoms with E-state index in [0.717, 1.165) is 72.6 Å². The smallest absolute Gasteiger partial charge is 0.380 e. The average Bonchev–Trinajstić information content (AvgIpc) is 3.84. The number of allylic oxidation sites excluding steroid dienone is 1. The van der Waals surface area contributed by atoms with Gasteiger partial charge in [0.1, 0.15) is 16.8 Å². The minimum atomic E-state index is -6.19. The molecule has 0 radical (unpaired) electrons. The number of piperidine rings is 1. The summed E-state index contributed by atoms with van der Waals surface area (Å²) in [5, 5.41) is 5.85. The molecular weight excluding hydrogens is 1210 g/mol. The molecule has 6 aliphatic rings. The number of likely N-dealkylation sites (tertiary alicyclic amines) is 2. The third-order valence-electron chi connectivity index (χ3n) is 17.5. The first-order chi connectivity index (χ1) is 41.3. The van der Waals surface area contributed by atoms with Gasteiger partial charge in [-0.3, -0.25) is 48.9 Å². The molecule has 5 aromatic rings. The highest BCUT2D eigenvalue weighted by atomic mass is 35.5. The molecule has 4 atom stereocenters. The van der Waals surface area contributed by atoms with Crippen molar-refractivity contribution in [2.45, 2.75) is 110 Å². The van der Waals surface area contributed by atoms with Crippen molar-refractivity contribution in [3.63, 3.8) is 0 Å². The molecule has 5 heterocycles. The zero-order chi connectivity index (χ0) is 61.7. The zero-order valence-electron chi connectivity index (χ0n) is 47.7. The number of amides is 5. The topological polar surface area (TPSA) is 206 Å². The van der Waals surface area contributed by atoms with Crippen LogP contribution in [0.5, 0.6) is 0 Å². The number of fused-ring (bicyclic) bond motifs is 3. The summed E-state index contributed by atoms with van der Waals surface area (Å²) in [6, 6.07) is 26.2. The van der Waals surface area contributed by atoms with Gasteiger partial charge in [0.2, 0.25) is 11.8 Å². The highest BCUT2D eigenvalue weighted by Gasteiger charge is 2.50. The predicted octanol–water partition coefficient (Wildman–Crippen LogP) is 9.00. The maximum absolute atomic E-state index is 15.7. The lowest BCUT2D eigenvalue weighted by atomic mass is 9.73. The summed E-state index contributed by atoms with van der Waals surface area (Å²) in [5.41, 5.74) is -1.42. The van der Waals surface area contributed by atoms with Gasteiger partial charge in [-0.1, -0.05) is 61.4 Å². The Bertz CT molecular complexity index is 3790. The summed E-state index contributed by atoms with van der Waals surface area (Å²) >= 11 is 7.59. The molecule has 4 fully saturated rings. The van der Waals surface area contributed by atoms with Crippen LogP contribution in [0.1, 0.15) is 101 Å². The molecule has 2 unspecified atom stereocenters. The van der Waals surface area contributed by atoms with Gasteiger partial charge in [-0.15, -0.1) is 11.8 Å². The molecule has 5 aliphatic heterocycles. The second-order valence-corrected chi connectivity index (χ2v) is 29.1. The Balaban J connectivity index is 0.734. The fraction of sp³-hybridized carbons (Fsp3) is 0.403. The number of thioether (sulfide) groups is 1. The van der Waals surface area contributed by atoms with Crippen LogP contribution in [0.4, 0.5) is 28.9 Å². The Kier molecular flexibility index (Phi) is 17.6. The maximum atomic E-state index is 15.7. The van der Waals surface area contributed by atoms with E-state index in [9.17, 15) is 54.0 Å². The molecule has 0 spiro atoms. The minimum absolute atomic E-state index is 0.0276. The number of anilines is 2. The molecular formula is C62H65ClF4N8O9S3. The third-order valence-corrected chi connectivity index (χ3v) is 21.8. The van der Waals surface area contributed by atoms with Crippen LogP contribution in [-0.4, -0.2) is 154 Å². The minimum Gasteiger partial charge on any atom is -0.380 e. The number of benzene rings is 5. The van der Waals surface area contributed by atoms with Crippen LogP contribution in [0.2, 0.25) is 5.02 Å². The summed E-state index contributed by atoms with van der Waals surface area (Å²) in [4.78, 5) is 72.9. The lowest BCUT2D eigenvalue weighted by Gasteiger charge is -2.39. The lowest BCUT2D eigenvalue weighted by molar-refractivity contribution is -0.136. The van der Waals surface area contributed by atoms with Crippen LogP contribution >= 0.6 is 23.4 Å². The van der Waals surface area contributed by atoms with E-state index in [4.69, 9.17) is 11.6 Å². The summed E-state index contributed by atoms with van der Waals surface area (Å²) in [5.74, 6) is -4.40. The number of hydrogen-bond donors (Lipinski definition) is 3. The van der Waals surface area contributed by atoms with Gasteiger partial charge in [-0.2, -0.15) is 13.2 Å². The Labute approximate surface area is 511 Å². The first kappa shape index (κ1) is 62.0. The average molecular weight is 1270 g/mol. The van der Waals surface area contributed by atoms with Crippen molar-refractivity contribution in [2.24, 2.45) is 5.41 Å². The zero-order valence-corrected chi connectivity index (χ0v) is 51.0. The number of nitrogens with zero attached hydrogens (tertiary/aromatic N) is 5. The Morgan fingerprint density at radius 3 is 2.16 bits per heavy atom. The van der Waals surface area contributed by atoms with Gasteiger partial charge in [-0.25, -0.2) is 25.9 Å². The molecule has 0 saturated carbocycles. The van der Waals surface area contributed by atoms with Gasteiger partial charge in [0.25, 0.3) is 37.6 Å². The SMILES string of the molecule is CC1(C)CCC(c2ccc(Cl)cc2)=C(CN2CCN(c3ccc(C(=O)NS(=O)(=O)c4ccc(NC(CCN5C[C@@H]6C[C@H]5CN6Cc5cc6c(cc5F)C(=O)N(C5CCC(=O)NC5=O)C6=O)CSc5ccccc5)c(S(=O)(=O)C(F)(F)F)c4)cc3)CC2)C1. The van der Waals surface area contributed by atoms with Crippen LogP contribution in [0.25, 0.3) is 5.57 Å². The third kappa shape index (κ3) is 13.4. The lowest BCUT2D eigenvalue weighted by Crippen LogP contribution is -2.54. The number of carbonyl (C=O) groups is 5. The molecule has 460 valence electrons. The largest absolute Gasteiger partial charge is 0.501 e. The van der Waals surface area contributed by atoms with E-state index in [1.807, 2.05) is 47.2 Å². The number of nitrogens with one attached hydrogen (secondary N) is 3. The number of carbonyl (C=O) groups excluding carboxylic acids is 5. The van der Waals surface area contributed by atoms with E-state index >= 15 is 4.39 Å². The van der Waals surface area contributed by atoms with E-state index in [2.05, 4.69) is 56.2 Å². The molecule has 25 heteroatoms. The highest BCUT2D eigenvalue weighted by Crippen LogP contribution is 2.44. The van der Waals surface area contributed by atoms with E-state index in [1.54, 1.807) is 12.1 Å². The van der Waals surface area contributed by atoms with E-state index < -0.39 is 88.3 Å². The number of halogens is 5. The molecule has 4 saturated heterocycles. The van der Waals surface area contributed by atoms with Crippen molar-refractivity contribution in [3.8, 4) is 0 Å². The second-order valence-electron chi connectivity index (χ2n) is 23.9. The van der Waals surface area contributed by atoms with Gasteiger partial charge in [-0.05, 0) is 134 Å². The van der Waals surface area contributed by atoms with E-state index in [0.29, 0.717) is 56.7 Å². The van der Waals surface area contributed by atoms with Gasteiger partial charge < -0.3 is 10.2 Å². The molecule has 5 amide bonds. The van der Waals surface area contributed by atoms with Gasteiger partial charge in [0, 0.05) is 116 Å².